The summed E-state index contributed by atoms with van der Waals surface area (Å²) in [6.45, 7) is 6.16. The van der Waals surface area contributed by atoms with E-state index in [4.69, 9.17) is 40.5 Å². The molecule has 152 valence electrons. The van der Waals surface area contributed by atoms with E-state index in [0.29, 0.717) is 16.1 Å². The minimum Gasteiger partial charge on any atom is -0.297 e. The van der Waals surface area contributed by atoms with Crippen LogP contribution in [-0.2, 0) is 6.67 Å². The molecule has 7 heteroatoms. The molecular weight excluding hydrogens is 411 g/mol. The SMILES string of the molecule is CC(C)n1c(-c2ccc(Cl)cc2Cl)nn(CN2CCC[C@@H]3CCCC[C@@H]32)c1=S. The minimum absolute atomic E-state index is 0.201. The second-order valence-corrected chi connectivity index (χ2v) is 9.61. The monoisotopic (exact) mass is 438 g/mol. The number of halogens is 2. The zero-order chi connectivity index (χ0) is 19.8. The maximum absolute atomic E-state index is 6.49. The van der Waals surface area contributed by atoms with E-state index in [9.17, 15) is 0 Å². The Morgan fingerprint density at radius 1 is 1.14 bits per heavy atom. The summed E-state index contributed by atoms with van der Waals surface area (Å²) >= 11 is 18.4. The zero-order valence-electron chi connectivity index (χ0n) is 16.6. The first-order chi connectivity index (χ1) is 13.5. The largest absolute Gasteiger partial charge is 0.297 e. The fourth-order valence-electron chi connectivity index (χ4n) is 4.91. The van der Waals surface area contributed by atoms with Crippen molar-refractivity contribution in [2.45, 2.75) is 71.1 Å². The molecule has 2 heterocycles. The van der Waals surface area contributed by atoms with Crippen molar-refractivity contribution in [1.29, 1.82) is 0 Å². The summed E-state index contributed by atoms with van der Waals surface area (Å²) in [5, 5.41) is 6.16. The van der Waals surface area contributed by atoms with Gasteiger partial charge in [0.05, 0.1) is 11.7 Å². The van der Waals surface area contributed by atoms with Crippen molar-refractivity contribution in [3.8, 4) is 11.4 Å². The second-order valence-electron chi connectivity index (χ2n) is 8.40. The van der Waals surface area contributed by atoms with Crippen LogP contribution >= 0.6 is 35.4 Å². The van der Waals surface area contributed by atoms with Gasteiger partial charge in [0.15, 0.2) is 10.6 Å². The Morgan fingerprint density at radius 2 is 1.89 bits per heavy atom. The van der Waals surface area contributed by atoms with Crippen LogP contribution in [0.5, 0.6) is 0 Å². The number of hydrogen-bond donors (Lipinski definition) is 0. The Labute approximate surface area is 182 Å². The first-order valence-electron chi connectivity index (χ1n) is 10.3. The van der Waals surface area contributed by atoms with E-state index in [1.165, 1.54) is 38.5 Å². The Morgan fingerprint density at radius 3 is 2.64 bits per heavy atom. The molecule has 2 atom stereocenters. The van der Waals surface area contributed by atoms with Crippen molar-refractivity contribution in [2.75, 3.05) is 6.54 Å². The van der Waals surface area contributed by atoms with E-state index >= 15 is 0 Å². The Bertz CT molecular complexity index is 902. The summed E-state index contributed by atoms with van der Waals surface area (Å²) in [6.07, 6.45) is 8.05. The lowest BCUT2D eigenvalue weighted by atomic mass is 9.78. The summed E-state index contributed by atoms with van der Waals surface area (Å²) in [7, 11) is 0. The molecule has 4 nitrogen and oxygen atoms in total. The van der Waals surface area contributed by atoms with Gasteiger partial charge in [-0.3, -0.25) is 9.47 Å². The Hall–Kier alpha value is -0.880. The number of nitrogens with zero attached hydrogens (tertiary/aromatic N) is 4. The Balaban J connectivity index is 1.69. The number of hydrogen-bond acceptors (Lipinski definition) is 3. The molecule has 2 fully saturated rings. The van der Waals surface area contributed by atoms with Crippen LogP contribution in [0, 0.1) is 10.7 Å². The molecule has 1 aliphatic heterocycles. The van der Waals surface area contributed by atoms with E-state index < -0.39 is 0 Å². The van der Waals surface area contributed by atoms with Crippen molar-refractivity contribution in [1.82, 2.24) is 19.2 Å². The maximum Gasteiger partial charge on any atom is 0.199 e. The van der Waals surface area contributed by atoms with Crippen LogP contribution in [0.25, 0.3) is 11.4 Å². The first-order valence-corrected chi connectivity index (χ1v) is 11.5. The van der Waals surface area contributed by atoms with Gasteiger partial charge in [0.2, 0.25) is 0 Å². The standard InChI is InChI=1S/C21H28Cl2N4S/c1-14(2)27-20(17-10-9-16(22)12-18(17)23)24-26(21(27)28)13-25-11-5-7-15-6-3-4-8-19(15)25/h9-10,12,14-15,19H,3-8,11,13H2,1-2H3/t15-,19-/m0/s1. The Kier molecular flexibility index (Phi) is 6.17. The third-order valence-corrected chi connectivity index (χ3v) is 7.19. The van der Waals surface area contributed by atoms with Crippen molar-refractivity contribution < 1.29 is 0 Å². The fourth-order valence-corrected chi connectivity index (χ4v) is 5.80. The molecule has 1 saturated carbocycles. The van der Waals surface area contributed by atoms with E-state index in [0.717, 1.165) is 35.3 Å². The highest BCUT2D eigenvalue weighted by molar-refractivity contribution is 7.71. The molecule has 0 amide bonds. The highest BCUT2D eigenvalue weighted by atomic mass is 35.5. The van der Waals surface area contributed by atoms with Gasteiger partial charge in [-0.05, 0) is 75.9 Å². The number of piperidine rings is 1. The topological polar surface area (TPSA) is 26.0 Å². The van der Waals surface area contributed by atoms with Gasteiger partial charge in [-0.15, -0.1) is 0 Å². The van der Waals surface area contributed by atoms with Gasteiger partial charge in [-0.1, -0.05) is 36.0 Å². The van der Waals surface area contributed by atoms with Crippen LogP contribution in [0.15, 0.2) is 18.2 Å². The van der Waals surface area contributed by atoms with Gasteiger partial charge in [0.25, 0.3) is 0 Å². The lowest BCUT2D eigenvalue weighted by Gasteiger charge is -2.43. The molecule has 1 aliphatic carbocycles. The highest BCUT2D eigenvalue weighted by Gasteiger charge is 2.33. The van der Waals surface area contributed by atoms with Gasteiger partial charge in [0.1, 0.15) is 0 Å². The molecule has 0 N–H and O–H groups in total. The average molecular weight is 439 g/mol. The molecule has 1 aromatic carbocycles. The summed E-state index contributed by atoms with van der Waals surface area (Å²) in [4.78, 5) is 2.61. The molecule has 0 unspecified atom stereocenters. The number of likely N-dealkylation sites (tertiary alicyclic amines) is 1. The third-order valence-electron chi connectivity index (χ3n) is 6.23. The van der Waals surface area contributed by atoms with Gasteiger partial charge in [-0.25, -0.2) is 4.68 Å². The molecule has 2 aromatic rings. The zero-order valence-corrected chi connectivity index (χ0v) is 18.9. The lowest BCUT2D eigenvalue weighted by Crippen LogP contribution is -2.47. The van der Waals surface area contributed by atoms with Crippen LogP contribution in [0.1, 0.15) is 58.4 Å². The molecular formula is C21H28Cl2N4S. The van der Waals surface area contributed by atoms with Crippen LogP contribution in [0.3, 0.4) is 0 Å². The summed E-state index contributed by atoms with van der Waals surface area (Å²) < 4.78 is 4.85. The van der Waals surface area contributed by atoms with Gasteiger partial charge >= 0.3 is 0 Å². The van der Waals surface area contributed by atoms with E-state index in [2.05, 4.69) is 23.3 Å². The lowest BCUT2D eigenvalue weighted by molar-refractivity contribution is 0.0323. The van der Waals surface area contributed by atoms with E-state index in [1.54, 1.807) is 6.07 Å². The number of fused-ring (bicyclic) bond motifs is 1. The van der Waals surface area contributed by atoms with Crippen LogP contribution in [0.4, 0.5) is 0 Å². The van der Waals surface area contributed by atoms with E-state index in [1.807, 2.05) is 16.8 Å². The fraction of sp³-hybridized carbons (Fsp3) is 0.619. The van der Waals surface area contributed by atoms with Gasteiger partial charge in [-0.2, -0.15) is 5.10 Å². The third kappa shape index (κ3) is 3.91. The molecule has 2 aliphatic rings. The smallest absolute Gasteiger partial charge is 0.199 e. The normalized spacial score (nSPS) is 23.2. The first kappa shape index (κ1) is 20.4. The maximum atomic E-state index is 6.49. The van der Waals surface area contributed by atoms with E-state index in [-0.39, 0.29) is 6.04 Å². The number of rotatable bonds is 4. The molecule has 0 spiro atoms. The number of aromatic nitrogens is 3. The summed E-state index contributed by atoms with van der Waals surface area (Å²) in [5.41, 5.74) is 0.874. The second kappa shape index (κ2) is 8.47. The number of benzene rings is 1. The van der Waals surface area contributed by atoms with Crippen LogP contribution in [0.2, 0.25) is 10.0 Å². The summed E-state index contributed by atoms with van der Waals surface area (Å²) in [6, 6.07) is 6.43. The molecule has 1 aromatic heterocycles. The van der Waals surface area contributed by atoms with Gasteiger partial charge < -0.3 is 0 Å². The molecule has 0 radical (unpaired) electrons. The quantitative estimate of drug-likeness (QED) is 0.503. The molecule has 0 bridgehead atoms. The van der Waals surface area contributed by atoms with Crippen molar-refractivity contribution >= 4 is 35.4 Å². The molecule has 4 rings (SSSR count). The molecule has 28 heavy (non-hydrogen) atoms. The van der Waals surface area contributed by atoms with Crippen molar-refractivity contribution in [2.24, 2.45) is 5.92 Å². The van der Waals surface area contributed by atoms with Crippen LogP contribution in [-0.4, -0.2) is 31.8 Å². The predicted molar refractivity (Wildman–Crippen MR) is 119 cm³/mol. The summed E-state index contributed by atoms with van der Waals surface area (Å²) in [5.74, 6) is 1.66. The van der Waals surface area contributed by atoms with Gasteiger partial charge in [0, 0.05) is 29.2 Å². The van der Waals surface area contributed by atoms with Crippen molar-refractivity contribution in [3.05, 3.63) is 33.0 Å². The predicted octanol–water partition coefficient (Wildman–Crippen LogP) is 6.58. The van der Waals surface area contributed by atoms with Crippen LogP contribution < -0.4 is 0 Å². The average Bonchev–Trinajstić information content (AvgIpc) is 2.98. The molecule has 1 saturated heterocycles. The minimum atomic E-state index is 0.201. The highest BCUT2D eigenvalue weighted by Crippen LogP contribution is 2.36. The van der Waals surface area contributed by atoms with Crippen molar-refractivity contribution in [3.63, 3.8) is 0 Å².